The molecule has 5 aliphatic rings. The molecular weight excluding hydrogens is 815 g/mol. The number of esters is 4. The number of ether oxygens (including phenoxy) is 9. The fraction of sp³-hybridized carbons (Fsp3) is 0.875. The molecular formula is C48H79NO14. The van der Waals surface area contributed by atoms with Crippen LogP contribution in [-0.4, -0.2) is 114 Å². The third kappa shape index (κ3) is 10.7. The summed E-state index contributed by atoms with van der Waals surface area (Å²) >= 11 is 0. The minimum Gasteiger partial charge on any atom is -0.469 e. The second kappa shape index (κ2) is 20.5. The molecule has 19 atom stereocenters. The Morgan fingerprint density at radius 1 is 0.841 bits per heavy atom. The SMILES string of the molecule is CC[C@@H]([C@H](OC(C)=O)[C@@H](C)[C@@H](OC(C)=O)[C@H](N)[C@@H]1O[C@@H]([C@@H](CC)C(=O)OC)CC[C@@H]1C)[C@H]1O[C@]2(C=C[C@@H](OC(C)=O)[C@]3(CC[C@@](C)([C@H]4CC[C@](O)(CC)[C@H](C)O4)O3)O2)[C@H](C)C[C@@H]1C. The molecule has 15 nitrogen and oxygen atoms in total. The van der Waals surface area contributed by atoms with Crippen LogP contribution in [-0.2, 0) is 61.8 Å². The van der Waals surface area contributed by atoms with Gasteiger partial charge in [0.05, 0.1) is 60.8 Å². The minimum absolute atomic E-state index is 0.0282. The van der Waals surface area contributed by atoms with E-state index in [2.05, 4.69) is 13.8 Å². The summed E-state index contributed by atoms with van der Waals surface area (Å²) in [7, 11) is 1.37. The summed E-state index contributed by atoms with van der Waals surface area (Å²) in [6.07, 6.45) is 4.40. The standard InChI is InChI=1S/C48H79NO14/c1-14-34(44(53)55-13)36-18-17-26(4)41(60-36)39(49)43(59-33(11)52)29(7)42(58-32(10)51)35(15-2)40-27(5)25-28(6)47(61-40)22-20-38(57-31(9)50)48(63-47)24-23-45(12,62-48)37-19-21-46(54,16-3)30(8)56-37/h20,22,26-30,34-43,54H,14-19,21,23-25,49H2,1-13H3/t26-,27-,28+,29+,30-,34+,35+,36+,37+,38+,39+,40-,41+,42+,43+,45-,46+,47-,48-/m0/s1. The monoisotopic (exact) mass is 894 g/mol. The summed E-state index contributed by atoms with van der Waals surface area (Å²) in [5, 5.41) is 11.2. The van der Waals surface area contributed by atoms with Gasteiger partial charge in [-0.3, -0.25) is 19.2 Å². The average molecular weight is 894 g/mol. The third-order valence-corrected chi connectivity index (χ3v) is 15.4. The number of carbonyl (C=O) groups excluding carboxylic acids is 4. The molecule has 2 spiro atoms. The molecule has 0 aromatic rings. The van der Waals surface area contributed by atoms with Gasteiger partial charge in [-0.15, -0.1) is 0 Å². The first kappa shape index (κ1) is 51.3. The van der Waals surface area contributed by atoms with Crippen molar-refractivity contribution in [1.82, 2.24) is 0 Å². The summed E-state index contributed by atoms with van der Waals surface area (Å²) in [5.74, 6) is -6.43. The van der Waals surface area contributed by atoms with Crippen LogP contribution in [0.2, 0.25) is 0 Å². The zero-order valence-corrected chi connectivity index (χ0v) is 40.2. The first-order valence-electron chi connectivity index (χ1n) is 23.7. The highest BCUT2D eigenvalue weighted by Gasteiger charge is 2.64. The molecule has 5 heterocycles. The van der Waals surface area contributed by atoms with Crippen LogP contribution < -0.4 is 5.73 Å². The van der Waals surface area contributed by atoms with E-state index in [9.17, 15) is 24.3 Å². The molecule has 4 fully saturated rings. The summed E-state index contributed by atoms with van der Waals surface area (Å²) in [6, 6.07) is -0.841. The van der Waals surface area contributed by atoms with Crippen molar-refractivity contribution in [3.63, 3.8) is 0 Å². The van der Waals surface area contributed by atoms with Crippen molar-refractivity contribution < 1.29 is 66.9 Å². The third-order valence-electron chi connectivity index (χ3n) is 15.4. The Morgan fingerprint density at radius 2 is 1.51 bits per heavy atom. The second-order valence-corrected chi connectivity index (χ2v) is 19.8. The molecule has 4 saturated heterocycles. The number of carbonyl (C=O) groups is 4. The van der Waals surface area contributed by atoms with E-state index >= 15 is 0 Å². The highest BCUT2D eigenvalue weighted by molar-refractivity contribution is 5.73. The van der Waals surface area contributed by atoms with Crippen molar-refractivity contribution in [2.24, 2.45) is 41.2 Å². The van der Waals surface area contributed by atoms with Gasteiger partial charge in [0.1, 0.15) is 12.2 Å². The van der Waals surface area contributed by atoms with Gasteiger partial charge in [0.25, 0.3) is 0 Å². The van der Waals surface area contributed by atoms with E-state index in [0.717, 1.165) is 6.42 Å². The van der Waals surface area contributed by atoms with E-state index in [1.165, 1.54) is 27.9 Å². The van der Waals surface area contributed by atoms with Gasteiger partial charge < -0.3 is 53.5 Å². The molecule has 15 heteroatoms. The van der Waals surface area contributed by atoms with Gasteiger partial charge in [-0.2, -0.15) is 0 Å². The number of nitrogens with two attached hydrogens (primary N) is 1. The summed E-state index contributed by atoms with van der Waals surface area (Å²) in [6.45, 7) is 21.9. The number of methoxy groups -OCH3 is 1. The van der Waals surface area contributed by atoms with Crippen LogP contribution in [0.25, 0.3) is 0 Å². The lowest BCUT2D eigenvalue weighted by Crippen LogP contribution is -2.64. The summed E-state index contributed by atoms with van der Waals surface area (Å²) in [4.78, 5) is 51.3. The van der Waals surface area contributed by atoms with Gasteiger partial charge in [-0.05, 0) is 95.6 Å². The van der Waals surface area contributed by atoms with Crippen molar-refractivity contribution in [2.75, 3.05) is 7.11 Å². The Hall–Kier alpha value is -2.66. The minimum atomic E-state index is -1.42. The van der Waals surface area contributed by atoms with Crippen LogP contribution in [0.15, 0.2) is 12.2 Å². The Morgan fingerprint density at radius 3 is 2.08 bits per heavy atom. The molecule has 0 amide bonds. The average Bonchev–Trinajstić information content (AvgIpc) is 3.57. The molecule has 5 aliphatic heterocycles. The topological polar surface area (TPSA) is 198 Å². The fourth-order valence-corrected chi connectivity index (χ4v) is 11.6. The van der Waals surface area contributed by atoms with E-state index in [-0.39, 0.29) is 29.8 Å². The van der Waals surface area contributed by atoms with E-state index in [0.29, 0.717) is 57.8 Å². The lowest BCUT2D eigenvalue weighted by Gasteiger charge is -2.55. The fourth-order valence-electron chi connectivity index (χ4n) is 11.6. The first-order chi connectivity index (χ1) is 29.5. The molecule has 0 unspecified atom stereocenters. The van der Waals surface area contributed by atoms with Gasteiger partial charge in [-0.25, -0.2) is 0 Å². The van der Waals surface area contributed by atoms with Gasteiger partial charge in [0.2, 0.25) is 5.79 Å². The number of hydrogen-bond donors (Lipinski definition) is 2. The van der Waals surface area contributed by atoms with E-state index < -0.39 is 107 Å². The zero-order chi connectivity index (χ0) is 46.8. The Bertz CT molecular complexity index is 1640. The highest BCUT2D eigenvalue weighted by atomic mass is 16.8. The number of rotatable bonds is 15. The molecule has 3 N–H and O–H groups in total. The maximum Gasteiger partial charge on any atom is 0.311 e. The van der Waals surface area contributed by atoms with Crippen LogP contribution in [0, 0.1) is 35.5 Å². The molecule has 0 bridgehead atoms. The van der Waals surface area contributed by atoms with Crippen LogP contribution in [0.4, 0.5) is 0 Å². The molecule has 0 saturated carbocycles. The largest absolute Gasteiger partial charge is 0.469 e. The molecule has 0 radical (unpaired) electrons. The molecule has 0 aliphatic carbocycles. The van der Waals surface area contributed by atoms with Gasteiger partial charge in [0.15, 0.2) is 11.9 Å². The molecule has 0 aromatic heterocycles. The van der Waals surface area contributed by atoms with Crippen LogP contribution >= 0.6 is 0 Å². The van der Waals surface area contributed by atoms with Crippen LogP contribution in [0.3, 0.4) is 0 Å². The molecule has 360 valence electrons. The lowest BCUT2D eigenvalue weighted by molar-refractivity contribution is -0.411. The van der Waals surface area contributed by atoms with Crippen molar-refractivity contribution in [2.45, 2.75) is 225 Å². The van der Waals surface area contributed by atoms with Crippen molar-refractivity contribution >= 4 is 23.9 Å². The molecule has 0 aromatic carbocycles. The Labute approximate surface area is 375 Å². The van der Waals surface area contributed by atoms with Crippen LogP contribution in [0.1, 0.15) is 147 Å². The van der Waals surface area contributed by atoms with E-state index in [1.54, 1.807) is 0 Å². The summed E-state index contributed by atoms with van der Waals surface area (Å²) < 4.78 is 58.0. The summed E-state index contributed by atoms with van der Waals surface area (Å²) in [5.41, 5.74) is 5.36. The van der Waals surface area contributed by atoms with E-state index in [1.807, 2.05) is 60.6 Å². The van der Waals surface area contributed by atoms with Crippen molar-refractivity contribution in [3.8, 4) is 0 Å². The van der Waals surface area contributed by atoms with Crippen molar-refractivity contribution in [1.29, 1.82) is 0 Å². The predicted molar refractivity (Wildman–Crippen MR) is 231 cm³/mol. The second-order valence-electron chi connectivity index (χ2n) is 19.8. The van der Waals surface area contributed by atoms with Crippen molar-refractivity contribution in [3.05, 3.63) is 12.2 Å². The van der Waals surface area contributed by atoms with Crippen LogP contribution in [0.5, 0.6) is 0 Å². The van der Waals surface area contributed by atoms with Gasteiger partial charge >= 0.3 is 23.9 Å². The molecule has 63 heavy (non-hydrogen) atoms. The predicted octanol–water partition coefficient (Wildman–Crippen LogP) is 6.47. The van der Waals surface area contributed by atoms with Gasteiger partial charge in [0, 0.05) is 44.9 Å². The Kier molecular flexibility index (Phi) is 16.7. The van der Waals surface area contributed by atoms with Gasteiger partial charge in [-0.1, -0.05) is 48.5 Å². The molecule has 5 rings (SSSR count). The number of aliphatic hydroxyl groups is 1. The Balaban J connectivity index is 1.47. The number of hydrogen-bond acceptors (Lipinski definition) is 15. The highest BCUT2D eigenvalue weighted by Crippen LogP contribution is 2.55. The smallest absolute Gasteiger partial charge is 0.311 e. The zero-order valence-electron chi connectivity index (χ0n) is 40.2. The first-order valence-corrected chi connectivity index (χ1v) is 23.7. The quantitative estimate of drug-likeness (QED) is 0.103. The maximum atomic E-state index is 13.1. The normalized spacial score (nSPS) is 40.9. The maximum absolute atomic E-state index is 13.1. The lowest BCUT2D eigenvalue weighted by atomic mass is 9.72. The van der Waals surface area contributed by atoms with E-state index in [4.69, 9.17) is 48.4 Å².